The Kier molecular flexibility index (Phi) is 3.69. The van der Waals surface area contributed by atoms with E-state index in [1.807, 2.05) is 0 Å². The summed E-state index contributed by atoms with van der Waals surface area (Å²) in [5.41, 5.74) is 5.52. The minimum absolute atomic E-state index is 0.0177. The maximum Gasteiger partial charge on any atom is 0.143 e. The molecular weight excluding hydrogens is 209 g/mol. The van der Waals surface area contributed by atoms with Crippen LogP contribution in [0.25, 0.3) is 0 Å². The Bertz CT molecular complexity index is 333. The third-order valence-electron chi connectivity index (χ3n) is 1.82. The fraction of sp³-hybridized carbons (Fsp3) is 0.333. The van der Waals surface area contributed by atoms with E-state index in [-0.39, 0.29) is 22.9 Å². The number of hydrogen-bond acceptors (Lipinski definition) is 3. The van der Waals surface area contributed by atoms with E-state index in [9.17, 15) is 9.50 Å². The summed E-state index contributed by atoms with van der Waals surface area (Å²) in [4.78, 5) is 0. The molecule has 1 rings (SSSR count). The predicted molar refractivity (Wildman–Crippen MR) is 52.0 cm³/mol. The molecule has 1 aromatic rings. The van der Waals surface area contributed by atoms with E-state index in [2.05, 4.69) is 0 Å². The molecule has 0 amide bonds. The smallest absolute Gasteiger partial charge is 0.143 e. The molecule has 0 saturated carbocycles. The molecule has 3 nitrogen and oxygen atoms in total. The molecule has 0 spiro atoms. The SMILES string of the molecule is COc1c(Cl)cc(F)cc1C(O)CN. The topological polar surface area (TPSA) is 55.5 Å². The molecule has 5 heteroatoms. The first kappa shape index (κ1) is 11.2. The van der Waals surface area contributed by atoms with Crippen molar-refractivity contribution < 1.29 is 14.2 Å². The summed E-state index contributed by atoms with van der Waals surface area (Å²) in [7, 11) is 1.39. The van der Waals surface area contributed by atoms with Gasteiger partial charge < -0.3 is 15.6 Å². The number of hydrogen-bond donors (Lipinski definition) is 2. The van der Waals surface area contributed by atoms with Crippen molar-refractivity contribution in [2.45, 2.75) is 6.10 Å². The van der Waals surface area contributed by atoms with Gasteiger partial charge in [0.25, 0.3) is 0 Å². The molecule has 14 heavy (non-hydrogen) atoms. The van der Waals surface area contributed by atoms with Crippen LogP contribution in [0.2, 0.25) is 5.02 Å². The summed E-state index contributed by atoms with van der Waals surface area (Å²) in [6.45, 7) is -0.0177. The number of aliphatic hydroxyl groups is 1. The zero-order chi connectivity index (χ0) is 10.7. The van der Waals surface area contributed by atoms with E-state index in [1.165, 1.54) is 7.11 Å². The first-order valence-corrected chi connectivity index (χ1v) is 4.39. The van der Waals surface area contributed by atoms with Crippen molar-refractivity contribution in [2.24, 2.45) is 5.73 Å². The Hall–Kier alpha value is -0.840. The lowest BCUT2D eigenvalue weighted by molar-refractivity contribution is 0.181. The summed E-state index contributed by atoms with van der Waals surface area (Å²) in [6, 6.07) is 2.27. The molecule has 0 radical (unpaired) electrons. The summed E-state index contributed by atoms with van der Waals surface area (Å²) >= 11 is 5.72. The number of nitrogens with two attached hydrogens (primary N) is 1. The Balaban J connectivity index is 3.24. The number of ether oxygens (including phenoxy) is 1. The van der Waals surface area contributed by atoms with Crippen LogP contribution in [0.1, 0.15) is 11.7 Å². The minimum Gasteiger partial charge on any atom is -0.495 e. The first-order valence-electron chi connectivity index (χ1n) is 4.01. The number of methoxy groups -OCH3 is 1. The van der Waals surface area contributed by atoms with Crippen molar-refractivity contribution in [3.63, 3.8) is 0 Å². The molecule has 0 saturated heterocycles. The molecule has 0 heterocycles. The normalized spacial score (nSPS) is 12.6. The summed E-state index contributed by atoms with van der Waals surface area (Å²) in [5, 5.41) is 9.58. The molecule has 0 aliphatic heterocycles. The van der Waals surface area contributed by atoms with E-state index >= 15 is 0 Å². The summed E-state index contributed by atoms with van der Waals surface area (Å²) < 4.78 is 17.9. The van der Waals surface area contributed by atoms with Gasteiger partial charge >= 0.3 is 0 Å². The molecule has 1 aromatic carbocycles. The minimum atomic E-state index is -0.974. The zero-order valence-corrected chi connectivity index (χ0v) is 8.38. The molecule has 1 unspecified atom stereocenters. The molecule has 0 aliphatic carbocycles. The van der Waals surface area contributed by atoms with E-state index in [0.29, 0.717) is 0 Å². The van der Waals surface area contributed by atoms with Gasteiger partial charge in [0, 0.05) is 12.1 Å². The quantitative estimate of drug-likeness (QED) is 0.810. The van der Waals surface area contributed by atoms with E-state index in [1.54, 1.807) is 0 Å². The molecule has 78 valence electrons. The van der Waals surface area contributed by atoms with E-state index in [0.717, 1.165) is 12.1 Å². The highest BCUT2D eigenvalue weighted by molar-refractivity contribution is 6.32. The molecule has 0 fully saturated rings. The van der Waals surface area contributed by atoms with E-state index < -0.39 is 11.9 Å². The van der Waals surface area contributed by atoms with Gasteiger partial charge in [-0.2, -0.15) is 0 Å². The second-order valence-electron chi connectivity index (χ2n) is 2.76. The standard InChI is InChI=1S/C9H11ClFNO2/c1-14-9-6(8(13)4-12)2-5(11)3-7(9)10/h2-3,8,13H,4,12H2,1H3. The van der Waals surface area contributed by atoms with Gasteiger partial charge in [0.1, 0.15) is 11.6 Å². The van der Waals surface area contributed by atoms with E-state index in [4.69, 9.17) is 22.1 Å². The van der Waals surface area contributed by atoms with Gasteiger partial charge in [-0.05, 0) is 12.1 Å². The van der Waals surface area contributed by atoms with Crippen molar-refractivity contribution in [3.8, 4) is 5.75 Å². The van der Waals surface area contributed by atoms with Gasteiger partial charge in [-0.25, -0.2) is 4.39 Å². The second-order valence-corrected chi connectivity index (χ2v) is 3.17. The fourth-order valence-corrected chi connectivity index (χ4v) is 1.46. The number of halogens is 2. The first-order chi connectivity index (χ1) is 6.60. The van der Waals surface area contributed by atoms with Gasteiger partial charge in [0.2, 0.25) is 0 Å². The maximum atomic E-state index is 12.9. The lowest BCUT2D eigenvalue weighted by atomic mass is 10.1. The Morgan fingerprint density at radius 2 is 2.29 bits per heavy atom. The van der Waals surface area contributed by atoms with Crippen LogP contribution in [0, 0.1) is 5.82 Å². The average Bonchev–Trinajstić information content (AvgIpc) is 2.15. The van der Waals surface area contributed by atoms with Crippen molar-refractivity contribution in [3.05, 3.63) is 28.5 Å². The van der Waals surface area contributed by atoms with Crippen LogP contribution in [0.3, 0.4) is 0 Å². The largest absolute Gasteiger partial charge is 0.495 e. The molecule has 0 aromatic heterocycles. The maximum absolute atomic E-state index is 12.9. The van der Waals surface area contributed by atoms with Gasteiger partial charge in [-0.3, -0.25) is 0 Å². The van der Waals surface area contributed by atoms with Gasteiger partial charge in [-0.15, -0.1) is 0 Å². The monoisotopic (exact) mass is 219 g/mol. The van der Waals surface area contributed by atoms with Crippen LogP contribution in [0.4, 0.5) is 4.39 Å². The van der Waals surface area contributed by atoms with Crippen LogP contribution in [-0.4, -0.2) is 18.8 Å². The van der Waals surface area contributed by atoms with Gasteiger partial charge in [0.05, 0.1) is 18.2 Å². The third kappa shape index (κ3) is 2.15. The highest BCUT2D eigenvalue weighted by Crippen LogP contribution is 2.33. The molecular formula is C9H11ClFNO2. The lowest BCUT2D eigenvalue weighted by Crippen LogP contribution is -2.13. The molecule has 3 N–H and O–H groups in total. The summed E-state index contributed by atoms with van der Waals surface area (Å²) in [6.07, 6.45) is -0.974. The van der Waals surface area contributed by atoms with Crippen molar-refractivity contribution in [1.82, 2.24) is 0 Å². The van der Waals surface area contributed by atoms with Crippen LogP contribution < -0.4 is 10.5 Å². The average molecular weight is 220 g/mol. The molecule has 0 bridgehead atoms. The highest BCUT2D eigenvalue weighted by Gasteiger charge is 2.16. The van der Waals surface area contributed by atoms with Crippen LogP contribution >= 0.6 is 11.6 Å². The highest BCUT2D eigenvalue weighted by atomic mass is 35.5. The number of aliphatic hydroxyl groups excluding tert-OH is 1. The van der Waals surface area contributed by atoms with Crippen molar-refractivity contribution in [1.29, 1.82) is 0 Å². The summed E-state index contributed by atoms with van der Waals surface area (Å²) in [5.74, 6) is -0.274. The van der Waals surface area contributed by atoms with Gasteiger partial charge in [0.15, 0.2) is 0 Å². The fourth-order valence-electron chi connectivity index (χ4n) is 1.17. The van der Waals surface area contributed by atoms with Gasteiger partial charge in [-0.1, -0.05) is 11.6 Å². The van der Waals surface area contributed by atoms with Crippen LogP contribution in [0.15, 0.2) is 12.1 Å². The third-order valence-corrected chi connectivity index (χ3v) is 2.10. The number of rotatable bonds is 3. The van der Waals surface area contributed by atoms with Crippen molar-refractivity contribution in [2.75, 3.05) is 13.7 Å². The Labute approximate surface area is 86.2 Å². The molecule has 1 atom stereocenters. The zero-order valence-electron chi connectivity index (χ0n) is 7.63. The lowest BCUT2D eigenvalue weighted by Gasteiger charge is -2.14. The van der Waals surface area contributed by atoms with Crippen molar-refractivity contribution >= 4 is 11.6 Å². The van der Waals surface area contributed by atoms with Crippen LogP contribution in [-0.2, 0) is 0 Å². The van der Waals surface area contributed by atoms with Crippen LogP contribution in [0.5, 0.6) is 5.75 Å². The Morgan fingerprint density at radius 1 is 1.64 bits per heavy atom. The number of benzene rings is 1. The predicted octanol–water partition coefficient (Wildman–Crippen LogP) is 1.48. The molecule has 0 aliphatic rings. The second kappa shape index (κ2) is 4.59. The Morgan fingerprint density at radius 3 is 2.79 bits per heavy atom.